The molecule has 0 radical (unpaired) electrons. The Morgan fingerprint density at radius 1 is 1.36 bits per heavy atom. The minimum atomic E-state index is -0.708. The van der Waals surface area contributed by atoms with Gasteiger partial charge in [0.15, 0.2) is 5.76 Å². The highest BCUT2D eigenvalue weighted by atomic mass is 16.6. The number of nitrogens with zero attached hydrogens (tertiary/aromatic N) is 4. The number of rotatable bonds is 7. The predicted octanol–water partition coefficient (Wildman–Crippen LogP) is 2.11. The van der Waals surface area contributed by atoms with Crippen LogP contribution in [0.25, 0.3) is 0 Å². The second kappa shape index (κ2) is 7.25. The molecule has 25 heavy (non-hydrogen) atoms. The van der Waals surface area contributed by atoms with Crippen molar-refractivity contribution in [1.29, 1.82) is 0 Å². The topological polar surface area (TPSA) is 125 Å². The van der Waals surface area contributed by atoms with Crippen molar-refractivity contribution in [1.82, 2.24) is 14.8 Å². The van der Waals surface area contributed by atoms with Crippen LogP contribution in [0, 0.1) is 10.1 Å². The molecule has 1 aromatic carbocycles. The highest BCUT2D eigenvalue weighted by Crippen LogP contribution is 2.20. The molecule has 1 N–H and O–H groups in total. The first-order valence-electron chi connectivity index (χ1n) is 7.23. The molecule has 0 spiro atoms. The zero-order valence-electron chi connectivity index (χ0n) is 12.9. The third-order valence-corrected chi connectivity index (χ3v) is 3.14. The van der Waals surface area contributed by atoms with Crippen molar-refractivity contribution < 1.29 is 18.9 Å². The van der Waals surface area contributed by atoms with E-state index in [1.54, 1.807) is 35.3 Å². The van der Waals surface area contributed by atoms with Gasteiger partial charge >= 0.3 is 5.88 Å². The van der Waals surface area contributed by atoms with Crippen molar-refractivity contribution in [2.75, 3.05) is 11.9 Å². The molecule has 1 amide bonds. The number of benzene rings is 1. The number of aromatic nitrogens is 3. The zero-order chi connectivity index (χ0) is 17.6. The summed E-state index contributed by atoms with van der Waals surface area (Å²) in [5, 5.41) is 17.1. The lowest BCUT2D eigenvalue weighted by Crippen LogP contribution is -2.11. The maximum atomic E-state index is 12.0. The highest BCUT2D eigenvalue weighted by Gasteiger charge is 2.17. The van der Waals surface area contributed by atoms with Crippen molar-refractivity contribution in [2.45, 2.75) is 6.54 Å². The van der Waals surface area contributed by atoms with Crippen LogP contribution in [0.2, 0.25) is 0 Å². The minimum Gasteiger partial charge on any atom is -0.492 e. The van der Waals surface area contributed by atoms with Crippen LogP contribution in [0.3, 0.4) is 0 Å². The van der Waals surface area contributed by atoms with Gasteiger partial charge in [-0.2, -0.15) is 5.10 Å². The van der Waals surface area contributed by atoms with Crippen molar-refractivity contribution in [3.8, 4) is 5.75 Å². The van der Waals surface area contributed by atoms with E-state index in [1.165, 1.54) is 12.4 Å². The van der Waals surface area contributed by atoms with Crippen LogP contribution in [-0.4, -0.2) is 32.2 Å². The van der Waals surface area contributed by atoms with Gasteiger partial charge in [0.2, 0.25) is 0 Å². The zero-order valence-corrected chi connectivity index (χ0v) is 12.9. The summed E-state index contributed by atoms with van der Waals surface area (Å²) in [4.78, 5) is 25.7. The summed E-state index contributed by atoms with van der Waals surface area (Å²) in [5.41, 5.74) is 0.474. The quantitative estimate of drug-likeness (QED) is 0.514. The molecule has 0 fully saturated rings. The summed E-state index contributed by atoms with van der Waals surface area (Å²) in [6.45, 7) is 0.914. The summed E-state index contributed by atoms with van der Waals surface area (Å²) in [6, 6.07) is 9.13. The molecule has 128 valence electrons. The average Bonchev–Trinajstić information content (AvgIpc) is 3.27. The summed E-state index contributed by atoms with van der Waals surface area (Å²) >= 11 is 0. The van der Waals surface area contributed by atoms with Gasteiger partial charge in [-0.05, 0) is 18.2 Å². The van der Waals surface area contributed by atoms with Crippen molar-refractivity contribution in [3.05, 3.63) is 64.9 Å². The monoisotopic (exact) mass is 343 g/mol. The number of carbonyl (C=O) groups is 1. The van der Waals surface area contributed by atoms with Crippen LogP contribution in [0.4, 0.5) is 11.6 Å². The molecule has 0 saturated carbocycles. The Morgan fingerprint density at radius 2 is 2.24 bits per heavy atom. The molecule has 10 heteroatoms. The molecule has 0 bridgehead atoms. The molecule has 0 aliphatic heterocycles. The molecule has 2 aromatic heterocycles. The fourth-order valence-electron chi connectivity index (χ4n) is 2.01. The number of ether oxygens (including phenoxy) is 1. The Hall–Kier alpha value is -3.69. The van der Waals surface area contributed by atoms with E-state index in [1.807, 2.05) is 0 Å². The number of carbonyl (C=O) groups excluding carboxylic acids is 1. The largest absolute Gasteiger partial charge is 0.492 e. The molecule has 0 aliphatic carbocycles. The van der Waals surface area contributed by atoms with Gasteiger partial charge < -0.3 is 14.5 Å². The molecule has 2 heterocycles. The number of furan rings is 1. The lowest BCUT2D eigenvalue weighted by atomic mass is 10.3. The van der Waals surface area contributed by atoms with E-state index in [-0.39, 0.29) is 5.76 Å². The molecule has 3 rings (SSSR count). The van der Waals surface area contributed by atoms with Crippen LogP contribution in [0.5, 0.6) is 5.75 Å². The fourth-order valence-corrected chi connectivity index (χ4v) is 2.01. The maximum Gasteiger partial charge on any atom is 0.433 e. The van der Waals surface area contributed by atoms with Crippen molar-refractivity contribution in [2.24, 2.45) is 0 Å². The van der Waals surface area contributed by atoms with E-state index in [9.17, 15) is 14.9 Å². The minimum absolute atomic E-state index is 0.149. The Bertz CT molecular complexity index is 874. The highest BCUT2D eigenvalue weighted by molar-refractivity contribution is 6.02. The van der Waals surface area contributed by atoms with Gasteiger partial charge in [-0.25, -0.2) is 9.67 Å². The Morgan fingerprint density at radius 3 is 2.96 bits per heavy atom. The van der Waals surface area contributed by atoms with Gasteiger partial charge in [0, 0.05) is 11.8 Å². The van der Waals surface area contributed by atoms with Crippen LogP contribution in [0.15, 0.2) is 53.5 Å². The SMILES string of the molecule is O=C(Nc1cccc(OCCn2cncn2)c1)c1ccc([N+](=O)[O-])o1. The van der Waals surface area contributed by atoms with E-state index in [4.69, 9.17) is 9.15 Å². The number of hydrogen-bond donors (Lipinski definition) is 1. The van der Waals surface area contributed by atoms with Gasteiger partial charge in [-0.15, -0.1) is 0 Å². The smallest absolute Gasteiger partial charge is 0.433 e. The molecule has 0 unspecified atom stereocenters. The van der Waals surface area contributed by atoms with Crippen LogP contribution >= 0.6 is 0 Å². The summed E-state index contributed by atoms with van der Waals surface area (Å²) in [7, 11) is 0. The van der Waals surface area contributed by atoms with Gasteiger partial charge in [-0.1, -0.05) is 6.07 Å². The Labute approximate surface area is 141 Å². The molecule has 3 aromatic rings. The first-order valence-corrected chi connectivity index (χ1v) is 7.23. The third-order valence-electron chi connectivity index (χ3n) is 3.14. The lowest BCUT2D eigenvalue weighted by Gasteiger charge is -2.08. The second-order valence-electron chi connectivity index (χ2n) is 4.88. The first-order chi connectivity index (χ1) is 12.1. The summed E-state index contributed by atoms with van der Waals surface area (Å²) < 4.78 is 12.1. The van der Waals surface area contributed by atoms with E-state index >= 15 is 0 Å². The maximum absolute atomic E-state index is 12.0. The van der Waals surface area contributed by atoms with Crippen LogP contribution in [-0.2, 0) is 6.54 Å². The normalized spacial score (nSPS) is 10.4. The number of anilines is 1. The van der Waals surface area contributed by atoms with Gasteiger partial charge in [-0.3, -0.25) is 14.9 Å². The first kappa shape index (κ1) is 16.2. The molecule has 10 nitrogen and oxygen atoms in total. The fraction of sp³-hybridized carbons (Fsp3) is 0.133. The predicted molar refractivity (Wildman–Crippen MR) is 85.3 cm³/mol. The van der Waals surface area contributed by atoms with Gasteiger partial charge in [0.05, 0.1) is 12.6 Å². The van der Waals surface area contributed by atoms with E-state index in [0.717, 1.165) is 6.07 Å². The Kier molecular flexibility index (Phi) is 4.69. The lowest BCUT2D eigenvalue weighted by molar-refractivity contribution is -0.402. The van der Waals surface area contributed by atoms with Crippen molar-refractivity contribution >= 4 is 17.5 Å². The van der Waals surface area contributed by atoms with Crippen LogP contribution in [0.1, 0.15) is 10.6 Å². The number of hydrogen-bond acceptors (Lipinski definition) is 7. The van der Waals surface area contributed by atoms with Gasteiger partial charge in [0.1, 0.15) is 29.9 Å². The average molecular weight is 343 g/mol. The molecule has 0 aliphatic rings. The standard InChI is InChI=1S/C15H13N5O5/c21-15(13-4-5-14(25-13)20(22)23)18-11-2-1-3-12(8-11)24-7-6-19-10-16-9-17-19/h1-5,8-10H,6-7H2,(H,18,21). The van der Waals surface area contributed by atoms with Gasteiger partial charge in [0.25, 0.3) is 5.91 Å². The summed E-state index contributed by atoms with van der Waals surface area (Å²) in [6.07, 6.45) is 3.03. The third kappa shape index (κ3) is 4.19. The Balaban J connectivity index is 1.58. The van der Waals surface area contributed by atoms with Crippen LogP contribution < -0.4 is 10.1 Å². The number of amides is 1. The molecule has 0 saturated heterocycles. The molecule has 0 atom stereocenters. The second-order valence-corrected chi connectivity index (χ2v) is 4.88. The van der Waals surface area contributed by atoms with E-state index in [2.05, 4.69) is 15.4 Å². The van der Waals surface area contributed by atoms with E-state index < -0.39 is 16.7 Å². The van der Waals surface area contributed by atoms with Crippen molar-refractivity contribution in [3.63, 3.8) is 0 Å². The van der Waals surface area contributed by atoms with E-state index in [0.29, 0.717) is 24.6 Å². The molecular formula is C15H13N5O5. The number of nitrogens with one attached hydrogen (secondary N) is 1. The summed E-state index contributed by atoms with van der Waals surface area (Å²) in [5.74, 6) is -0.671. The number of nitro groups is 1. The molecular weight excluding hydrogens is 330 g/mol.